The Morgan fingerprint density at radius 1 is 1.35 bits per heavy atom. The fourth-order valence-electron chi connectivity index (χ4n) is 2.58. The zero-order valence-electron chi connectivity index (χ0n) is 14.7. The second kappa shape index (κ2) is 7.93. The lowest BCUT2D eigenvalue weighted by Gasteiger charge is -2.06. The van der Waals surface area contributed by atoms with Crippen molar-refractivity contribution in [2.45, 2.75) is 13.8 Å². The molecule has 2 N–H and O–H groups in total. The fourth-order valence-corrected chi connectivity index (χ4v) is 3.55. The van der Waals surface area contributed by atoms with Crippen LogP contribution >= 0.6 is 11.3 Å². The van der Waals surface area contributed by atoms with Gasteiger partial charge in [0, 0.05) is 18.3 Å². The van der Waals surface area contributed by atoms with E-state index < -0.39 is 0 Å². The molecule has 3 aromatic rings. The number of benzene rings is 1. The largest absolute Gasteiger partial charge is 0.338 e. The number of nitrogens with one attached hydrogen (secondary N) is 2. The zero-order valence-corrected chi connectivity index (χ0v) is 15.6. The summed E-state index contributed by atoms with van der Waals surface area (Å²) in [5, 5.41) is 6.05. The van der Waals surface area contributed by atoms with Gasteiger partial charge in [-0.25, -0.2) is 9.78 Å². The molecule has 0 aliphatic carbocycles. The lowest BCUT2D eigenvalue weighted by atomic mass is 10.0. The number of pyridine rings is 1. The average molecular weight is 364 g/mol. The molecule has 1 aromatic carbocycles. The van der Waals surface area contributed by atoms with Crippen LogP contribution in [0.15, 0.2) is 55.3 Å². The second-order valence-electron chi connectivity index (χ2n) is 5.62. The fraction of sp³-hybridized carbons (Fsp3) is 0.150. The Balaban J connectivity index is 2.13. The summed E-state index contributed by atoms with van der Waals surface area (Å²) >= 11 is 1.44. The van der Waals surface area contributed by atoms with Gasteiger partial charge in [-0.15, -0.1) is 0 Å². The summed E-state index contributed by atoms with van der Waals surface area (Å²) in [6.07, 6.45) is 5.68. The van der Waals surface area contributed by atoms with E-state index in [1.165, 1.54) is 11.3 Å². The Morgan fingerprint density at radius 3 is 2.88 bits per heavy atom. The quantitative estimate of drug-likeness (QED) is 0.620. The van der Waals surface area contributed by atoms with Crippen molar-refractivity contribution in [1.82, 2.24) is 15.3 Å². The summed E-state index contributed by atoms with van der Waals surface area (Å²) in [6, 6.07) is 9.61. The number of rotatable bonds is 5. The molecule has 2 aromatic heterocycles. The first-order chi connectivity index (χ1) is 12.6. The van der Waals surface area contributed by atoms with E-state index in [0.29, 0.717) is 11.7 Å². The van der Waals surface area contributed by atoms with Crippen molar-refractivity contribution in [3.05, 3.63) is 60.8 Å². The number of anilines is 1. The molecule has 0 aliphatic heterocycles. The Kier molecular flexibility index (Phi) is 5.43. The minimum absolute atomic E-state index is 0.260. The van der Waals surface area contributed by atoms with E-state index >= 15 is 0 Å². The highest BCUT2D eigenvalue weighted by atomic mass is 32.1. The van der Waals surface area contributed by atoms with Gasteiger partial charge < -0.3 is 5.32 Å². The lowest BCUT2D eigenvalue weighted by Crippen LogP contribution is -2.28. The minimum Gasteiger partial charge on any atom is -0.338 e. The number of amides is 2. The topological polar surface area (TPSA) is 66.9 Å². The maximum atomic E-state index is 11.8. The van der Waals surface area contributed by atoms with Gasteiger partial charge in [-0.05, 0) is 49.2 Å². The Bertz CT molecular complexity index is 976. The van der Waals surface area contributed by atoms with Crippen molar-refractivity contribution in [3.8, 4) is 11.3 Å². The Hall–Kier alpha value is -2.99. The van der Waals surface area contributed by atoms with Crippen LogP contribution in [0, 0.1) is 0 Å². The van der Waals surface area contributed by atoms with Gasteiger partial charge in [-0.3, -0.25) is 10.3 Å². The molecule has 0 bridgehead atoms. The van der Waals surface area contributed by atoms with Gasteiger partial charge in [0.2, 0.25) is 0 Å². The third kappa shape index (κ3) is 3.81. The SMILES string of the molecule is C=C(/C=C\C)c1cc(-c2ccccn2)c2sc(NC(=O)NCC)nc2c1. The van der Waals surface area contributed by atoms with E-state index in [9.17, 15) is 4.79 Å². The monoisotopic (exact) mass is 364 g/mol. The first-order valence-electron chi connectivity index (χ1n) is 8.35. The van der Waals surface area contributed by atoms with Crippen molar-refractivity contribution < 1.29 is 4.79 Å². The van der Waals surface area contributed by atoms with Gasteiger partial charge in [0.1, 0.15) is 0 Å². The predicted molar refractivity (Wildman–Crippen MR) is 109 cm³/mol. The molecule has 0 unspecified atom stereocenters. The molecular weight excluding hydrogens is 344 g/mol. The highest BCUT2D eigenvalue weighted by Crippen LogP contribution is 2.36. The van der Waals surface area contributed by atoms with Crippen LogP contribution < -0.4 is 10.6 Å². The number of fused-ring (bicyclic) bond motifs is 1. The Morgan fingerprint density at radius 2 is 2.19 bits per heavy atom. The number of carbonyl (C=O) groups is 1. The van der Waals surface area contributed by atoms with Gasteiger partial charge in [0.05, 0.1) is 15.9 Å². The van der Waals surface area contributed by atoms with Crippen LogP contribution in [0.4, 0.5) is 9.93 Å². The van der Waals surface area contributed by atoms with Gasteiger partial charge in [-0.2, -0.15) is 0 Å². The maximum absolute atomic E-state index is 11.8. The van der Waals surface area contributed by atoms with Gasteiger partial charge in [0.15, 0.2) is 5.13 Å². The highest BCUT2D eigenvalue weighted by molar-refractivity contribution is 7.22. The van der Waals surface area contributed by atoms with Crippen LogP contribution in [0.2, 0.25) is 0 Å². The van der Waals surface area contributed by atoms with E-state index in [0.717, 1.165) is 32.6 Å². The molecule has 3 rings (SSSR count). The zero-order chi connectivity index (χ0) is 18.5. The average Bonchev–Trinajstić information content (AvgIpc) is 3.04. The molecule has 6 heteroatoms. The third-order valence-electron chi connectivity index (χ3n) is 3.73. The van der Waals surface area contributed by atoms with Crippen molar-refractivity contribution in [2.24, 2.45) is 0 Å². The molecule has 0 saturated carbocycles. The number of urea groups is 1. The van der Waals surface area contributed by atoms with Crippen molar-refractivity contribution >= 4 is 38.3 Å². The van der Waals surface area contributed by atoms with Crippen LogP contribution in [0.5, 0.6) is 0 Å². The van der Waals surface area contributed by atoms with Crippen LogP contribution in [0.1, 0.15) is 19.4 Å². The van der Waals surface area contributed by atoms with Crippen molar-refractivity contribution in [1.29, 1.82) is 0 Å². The number of hydrogen-bond donors (Lipinski definition) is 2. The summed E-state index contributed by atoms with van der Waals surface area (Å²) in [7, 11) is 0. The smallest absolute Gasteiger partial charge is 0.321 e. The molecule has 0 aliphatic rings. The summed E-state index contributed by atoms with van der Waals surface area (Å²) in [5.41, 5.74) is 4.53. The number of carbonyl (C=O) groups excluding carboxylic acids is 1. The van der Waals surface area contributed by atoms with E-state index in [4.69, 9.17) is 0 Å². The number of aromatic nitrogens is 2. The summed E-state index contributed by atoms with van der Waals surface area (Å²) in [6.45, 7) is 8.51. The molecule has 0 fully saturated rings. The highest BCUT2D eigenvalue weighted by Gasteiger charge is 2.14. The van der Waals surface area contributed by atoms with Gasteiger partial charge in [0.25, 0.3) is 0 Å². The summed E-state index contributed by atoms with van der Waals surface area (Å²) in [4.78, 5) is 20.9. The maximum Gasteiger partial charge on any atom is 0.321 e. The minimum atomic E-state index is -0.260. The normalized spacial score (nSPS) is 11.0. The summed E-state index contributed by atoms with van der Waals surface area (Å²) in [5.74, 6) is 0. The number of allylic oxidation sites excluding steroid dienone is 3. The van der Waals surface area contributed by atoms with Crippen LogP contribution in [0.25, 0.3) is 27.0 Å². The first-order valence-corrected chi connectivity index (χ1v) is 9.16. The number of thiazole rings is 1. The first kappa shape index (κ1) is 17.8. The lowest BCUT2D eigenvalue weighted by molar-refractivity contribution is 0.252. The van der Waals surface area contributed by atoms with E-state index in [-0.39, 0.29) is 6.03 Å². The molecule has 0 saturated heterocycles. The second-order valence-corrected chi connectivity index (χ2v) is 6.61. The van der Waals surface area contributed by atoms with Crippen molar-refractivity contribution in [3.63, 3.8) is 0 Å². The number of nitrogens with zero attached hydrogens (tertiary/aromatic N) is 2. The Labute approximate surface area is 156 Å². The molecule has 0 atom stereocenters. The van der Waals surface area contributed by atoms with Gasteiger partial charge >= 0.3 is 6.03 Å². The van der Waals surface area contributed by atoms with Crippen LogP contribution in [-0.4, -0.2) is 22.5 Å². The molecular formula is C20H20N4OS. The van der Waals surface area contributed by atoms with Crippen LogP contribution in [-0.2, 0) is 0 Å². The van der Waals surface area contributed by atoms with E-state index in [1.807, 2.05) is 50.3 Å². The molecule has 2 heterocycles. The molecule has 0 radical (unpaired) electrons. The summed E-state index contributed by atoms with van der Waals surface area (Å²) < 4.78 is 0.979. The van der Waals surface area contributed by atoms with E-state index in [1.54, 1.807) is 6.20 Å². The molecule has 5 nitrogen and oxygen atoms in total. The van der Waals surface area contributed by atoms with Crippen LogP contribution in [0.3, 0.4) is 0 Å². The molecule has 2 amide bonds. The standard InChI is InChI=1S/C20H20N4OS/c1-4-8-13(3)14-11-15(16-9-6-7-10-22-16)18-17(12-14)23-20(26-18)24-19(25)21-5-2/h4,6-12H,3,5H2,1-2H3,(H2,21,23,24,25)/b8-4-. The molecule has 26 heavy (non-hydrogen) atoms. The van der Waals surface area contributed by atoms with Crippen molar-refractivity contribution in [2.75, 3.05) is 11.9 Å². The van der Waals surface area contributed by atoms with Gasteiger partial charge in [-0.1, -0.05) is 36.1 Å². The van der Waals surface area contributed by atoms with E-state index in [2.05, 4.69) is 33.2 Å². The predicted octanol–water partition coefficient (Wildman–Crippen LogP) is 5.09. The molecule has 132 valence electrons. The molecule has 0 spiro atoms. The number of hydrogen-bond acceptors (Lipinski definition) is 4. The third-order valence-corrected chi connectivity index (χ3v) is 4.75.